The van der Waals surface area contributed by atoms with E-state index in [4.69, 9.17) is 4.98 Å². The Hall–Kier alpha value is -3.71. The van der Waals surface area contributed by atoms with E-state index >= 15 is 0 Å². The Kier molecular flexibility index (Phi) is 4.84. The first-order chi connectivity index (χ1) is 16.2. The fraction of sp³-hybridized carbons (Fsp3) is 0.156. The van der Waals surface area contributed by atoms with Gasteiger partial charge in [-0.3, -0.25) is 4.98 Å². The average Bonchev–Trinajstić information content (AvgIpc) is 2.87. The Labute approximate surface area is 195 Å². The van der Waals surface area contributed by atoms with Crippen LogP contribution in [0, 0.1) is 0 Å². The SMILES string of the molecule is CC(C)c1cc(-c2nccc3c2CCc2cc(-c4ccccc4)ccc2-3)cc2ccccc12. The molecule has 0 fully saturated rings. The standard InChI is InChI=1S/C32H27N/c1-21(2)31-20-26(19-24-10-6-7-11-27(24)31)32-30-15-13-25-18-23(22-8-4-3-5-9-22)12-14-28(25)29(30)16-17-33-32/h3-12,14,16-21H,13,15H2,1-2H3. The molecule has 0 spiro atoms. The van der Waals surface area contributed by atoms with Gasteiger partial charge in [-0.05, 0) is 86.7 Å². The maximum Gasteiger partial charge on any atom is 0.0740 e. The van der Waals surface area contributed by atoms with E-state index in [1.54, 1.807) is 0 Å². The Morgan fingerprint density at radius 2 is 1.48 bits per heavy atom. The van der Waals surface area contributed by atoms with E-state index in [2.05, 4.69) is 105 Å². The Bertz CT molecular complexity index is 1480. The molecule has 0 aliphatic heterocycles. The molecule has 0 atom stereocenters. The van der Waals surface area contributed by atoms with Gasteiger partial charge in [-0.15, -0.1) is 0 Å². The second-order valence-electron chi connectivity index (χ2n) is 9.36. The van der Waals surface area contributed by atoms with E-state index in [0.717, 1.165) is 18.5 Å². The van der Waals surface area contributed by atoms with E-state index in [1.807, 2.05) is 6.20 Å². The van der Waals surface area contributed by atoms with Crippen molar-refractivity contribution in [1.29, 1.82) is 0 Å². The number of benzene rings is 4. The smallest absolute Gasteiger partial charge is 0.0740 e. The van der Waals surface area contributed by atoms with Gasteiger partial charge in [-0.1, -0.05) is 86.6 Å². The molecule has 4 aromatic carbocycles. The third-order valence-corrected chi connectivity index (χ3v) is 6.99. The summed E-state index contributed by atoms with van der Waals surface area (Å²) < 4.78 is 0. The summed E-state index contributed by atoms with van der Waals surface area (Å²) in [5.41, 5.74) is 11.8. The highest BCUT2D eigenvalue weighted by molar-refractivity contribution is 5.92. The first kappa shape index (κ1) is 19.9. The van der Waals surface area contributed by atoms with Crippen LogP contribution in [0.4, 0.5) is 0 Å². The zero-order chi connectivity index (χ0) is 22.4. The predicted molar refractivity (Wildman–Crippen MR) is 140 cm³/mol. The first-order valence-electron chi connectivity index (χ1n) is 11.9. The molecule has 1 aliphatic rings. The minimum Gasteiger partial charge on any atom is -0.256 e. The fourth-order valence-corrected chi connectivity index (χ4v) is 5.33. The predicted octanol–water partition coefficient (Wildman–Crippen LogP) is 8.46. The van der Waals surface area contributed by atoms with Crippen LogP contribution in [0.15, 0.2) is 97.2 Å². The molecular formula is C32H27N. The summed E-state index contributed by atoms with van der Waals surface area (Å²) in [6.07, 6.45) is 4.05. The third-order valence-electron chi connectivity index (χ3n) is 6.99. The topological polar surface area (TPSA) is 12.9 Å². The van der Waals surface area contributed by atoms with E-state index in [1.165, 1.54) is 55.3 Å². The maximum absolute atomic E-state index is 4.91. The normalized spacial score (nSPS) is 12.6. The number of rotatable bonds is 3. The van der Waals surface area contributed by atoms with Crippen molar-refractivity contribution in [3.8, 4) is 33.5 Å². The van der Waals surface area contributed by atoms with Crippen LogP contribution in [0.1, 0.15) is 36.5 Å². The molecule has 1 aliphatic carbocycles. The van der Waals surface area contributed by atoms with Crippen molar-refractivity contribution in [2.24, 2.45) is 0 Å². The largest absolute Gasteiger partial charge is 0.256 e. The number of aromatic nitrogens is 1. The molecule has 0 bridgehead atoms. The molecule has 0 amide bonds. The quantitative estimate of drug-likeness (QED) is 0.282. The van der Waals surface area contributed by atoms with Crippen LogP contribution in [-0.2, 0) is 12.8 Å². The molecule has 6 rings (SSSR count). The highest BCUT2D eigenvalue weighted by Gasteiger charge is 2.21. The molecule has 1 heterocycles. The lowest BCUT2D eigenvalue weighted by Gasteiger charge is -2.23. The zero-order valence-corrected chi connectivity index (χ0v) is 19.2. The van der Waals surface area contributed by atoms with Crippen LogP contribution < -0.4 is 0 Å². The number of fused-ring (bicyclic) bond motifs is 4. The van der Waals surface area contributed by atoms with Crippen LogP contribution in [0.5, 0.6) is 0 Å². The molecule has 0 radical (unpaired) electrons. The first-order valence-corrected chi connectivity index (χ1v) is 11.9. The van der Waals surface area contributed by atoms with E-state index in [0.29, 0.717) is 5.92 Å². The summed E-state index contributed by atoms with van der Waals surface area (Å²) in [6.45, 7) is 4.56. The summed E-state index contributed by atoms with van der Waals surface area (Å²) in [4.78, 5) is 4.91. The van der Waals surface area contributed by atoms with Crippen molar-refractivity contribution in [2.75, 3.05) is 0 Å². The summed E-state index contributed by atoms with van der Waals surface area (Å²) in [5.74, 6) is 0.464. The number of pyridine rings is 1. The summed E-state index contributed by atoms with van der Waals surface area (Å²) in [6, 6.07) is 33.2. The number of hydrogen-bond acceptors (Lipinski definition) is 1. The van der Waals surface area contributed by atoms with Crippen molar-refractivity contribution in [2.45, 2.75) is 32.6 Å². The van der Waals surface area contributed by atoms with Gasteiger partial charge in [0.05, 0.1) is 5.69 Å². The zero-order valence-electron chi connectivity index (χ0n) is 19.2. The highest BCUT2D eigenvalue weighted by Crippen LogP contribution is 2.40. The van der Waals surface area contributed by atoms with E-state index < -0.39 is 0 Å². The average molecular weight is 426 g/mol. The number of aryl methyl sites for hydroxylation is 1. The molecule has 33 heavy (non-hydrogen) atoms. The summed E-state index contributed by atoms with van der Waals surface area (Å²) >= 11 is 0. The van der Waals surface area contributed by atoms with Gasteiger partial charge >= 0.3 is 0 Å². The second kappa shape index (κ2) is 8.01. The Balaban J connectivity index is 1.49. The van der Waals surface area contributed by atoms with Crippen molar-refractivity contribution in [1.82, 2.24) is 4.98 Å². The van der Waals surface area contributed by atoms with Gasteiger partial charge in [0.1, 0.15) is 0 Å². The van der Waals surface area contributed by atoms with Crippen molar-refractivity contribution >= 4 is 10.8 Å². The van der Waals surface area contributed by atoms with Gasteiger partial charge in [-0.2, -0.15) is 0 Å². The Morgan fingerprint density at radius 3 is 2.33 bits per heavy atom. The van der Waals surface area contributed by atoms with Crippen LogP contribution >= 0.6 is 0 Å². The van der Waals surface area contributed by atoms with Gasteiger partial charge in [0, 0.05) is 11.8 Å². The molecule has 0 saturated carbocycles. The third kappa shape index (κ3) is 3.45. The molecular weight excluding hydrogens is 398 g/mol. The van der Waals surface area contributed by atoms with E-state index in [-0.39, 0.29) is 0 Å². The molecule has 1 nitrogen and oxygen atoms in total. The van der Waals surface area contributed by atoms with E-state index in [9.17, 15) is 0 Å². The molecule has 0 unspecified atom stereocenters. The van der Waals surface area contributed by atoms with Crippen LogP contribution in [0.25, 0.3) is 44.3 Å². The monoisotopic (exact) mass is 425 g/mol. The summed E-state index contributed by atoms with van der Waals surface area (Å²) in [7, 11) is 0. The molecule has 5 aromatic rings. The maximum atomic E-state index is 4.91. The fourth-order valence-electron chi connectivity index (χ4n) is 5.33. The van der Waals surface area contributed by atoms with Crippen LogP contribution in [0.2, 0.25) is 0 Å². The minimum atomic E-state index is 0.464. The summed E-state index contributed by atoms with van der Waals surface area (Å²) in [5, 5.41) is 2.64. The van der Waals surface area contributed by atoms with Gasteiger partial charge in [0.15, 0.2) is 0 Å². The molecule has 160 valence electrons. The number of nitrogens with zero attached hydrogens (tertiary/aromatic N) is 1. The highest BCUT2D eigenvalue weighted by atomic mass is 14.7. The molecule has 1 heteroatoms. The van der Waals surface area contributed by atoms with Crippen LogP contribution in [0.3, 0.4) is 0 Å². The lowest BCUT2D eigenvalue weighted by atomic mass is 9.82. The number of hydrogen-bond donors (Lipinski definition) is 0. The minimum absolute atomic E-state index is 0.464. The second-order valence-corrected chi connectivity index (χ2v) is 9.36. The van der Waals surface area contributed by atoms with Gasteiger partial charge in [-0.25, -0.2) is 0 Å². The van der Waals surface area contributed by atoms with Crippen molar-refractivity contribution < 1.29 is 0 Å². The lowest BCUT2D eigenvalue weighted by molar-refractivity contribution is 0.876. The molecule has 1 aromatic heterocycles. The van der Waals surface area contributed by atoms with Crippen molar-refractivity contribution in [3.63, 3.8) is 0 Å². The Morgan fingerprint density at radius 1 is 0.667 bits per heavy atom. The molecule has 0 N–H and O–H groups in total. The van der Waals surface area contributed by atoms with Gasteiger partial charge in [0.2, 0.25) is 0 Å². The lowest BCUT2D eigenvalue weighted by Crippen LogP contribution is -2.07. The van der Waals surface area contributed by atoms with Crippen molar-refractivity contribution in [3.05, 3.63) is 114 Å². The van der Waals surface area contributed by atoms with Gasteiger partial charge < -0.3 is 0 Å². The van der Waals surface area contributed by atoms with Gasteiger partial charge in [0.25, 0.3) is 0 Å². The molecule has 0 saturated heterocycles. The van der Waals surface area contributed by atoms with Crippen LogP contribution in [-0.4, -0.2) is 4.98 Å².